The Bertz CT molecular complexity index is 120. The van der Waals surface area contributed by atoms with Gasteiger partial charge in [-0.2, -0.15) is 0 Å². The molecule has 1 heteroatoms. The lowest BCUT2D eigenvalue weighted by Crippen LogP contribution is -2.14. The molecule has 0 fully saturated rings. The molecule has 78 valence electrons. The molecule has 0 saturated heterocycles. The minimum atomic E-state index is -0.181. The molecule has 0 radical (unpaired) electrons. The van der Waals surface area contributed by atoms with Crippen LogP contribution in [0.25, 0.3) is 0 Å². The number of hydrogen-bond acceptors (Lipinski definition) is 1. The summed E-state index contributed by atoms with van der Waals surface area (Å²) in [6, 6.07) is 0. The van der Waals surface area contributed by atoms with Crippen molar-refractivity contribution < 1.29 is 5.11 Å². The predicted molar refractivity (Wildman–Crippen MR) is 58.7 cm³/mol. The van der Waals surface area contributed by atoms with Crippen LogP contribution in [-0.4, -0.2) is 11.2 Å². The fourth-order valence-corrected chi connectivity index (χ4v) is 1.38. The van der Waals surface area contributed by atoms with Crippen LogP contribution in [0, 0.1) is 5.92 Å². The Morgan fingerprint density at radius 2 is 1.85 bits per heavy atom. The first-order valence-electron chi connectivity index (χ1n) is 5.53. The molecule has 0 heterocycles. The normalized spacial score (nSPS) is 15.3. The lowest BCUT2D eigenvalue weighted by atomic mass is 9.99. The number of aliphatic hydroxyl groups is 1. The summed E-state index contributed by atoms with van der Waals surface area (Å²) >= 11 is 0. The van der Waals surface area contributed by atoms with Gasteiger partial charge in [0.25, 0.3) is 0 Å². The Hall–Kier alpha value is -0.300. The summed E-state index contributed by atoms with van der Waals surface area (Å²) in [6.45, 7) is 7.91. The Morgan fingerprint density at radius 3 is 2.38 bits per heavy atom. The highest BCUT2D eigenvalue weighted by atomic mass is 16.3. The van der Waals surface area contributed by atoms with Crippen molar-refractivity contribution in [1.82, 2.24) is 0 Å². The molecular formula is C12H24O. The third-order valence-corrected chi connectivity index (χ3v) is 2.58. The van der Waals surface area contributed by atoms with E-state index in [1.807, 2.05) is 13.0 Å². The van der Waals surface area contributed by atoms with Gasteiger partial charge in [0.15, 0.2) is 0 Å². The van der Waals surface area contributed by atoms with Crippen LogP contribution in [0.5, 0.6) is 0 Å². The lowest BCUT2D eigenvalue weighted by molar-refractivity contribution is 0.125. The van der Waals surface area contributed by atoms with Crippen molar-refractivity contribution in [3.8, 4) is 0 Å². The Balaban J connectivity index is 3.26. The second-order valence-electron chi connectivity index (χ2n) is 3.87. The van der Waals surface area contributed by atoms with Crippen LogP contribution in [0.2, 0.25) is 0 Å². The van der Waals surface area contributed by atoms with Gasteiger partial charge in [0, 0.05) is 0 Å². The van der Waals surface area contributed by atoms with Crippen LogP contribution in [0.1, 0.15) is 52.4 Å². The first-order valence-corrected chi connectivity index (χ1v) is 5.53. The topological polar surface area (TPSA) is 20.2 Å². The zero-order valence-corrected chi connectivity index (χ0v) is 9.13. The minimum absolute atomic E-state index is 0.181. The minimum Gasteiger partial charge on any atom is -0.393 e. The molecule has 0 spiro atoms. The third-order valence-electron chi connectivity index (χ3n) is 2.58. The molecular weight excluding hydrogens is 160 g/mol. The van der Waals surface area contributed by atoms with E-state index in [0.717, 1.165) is 12.8 Å². The highest BCUT2D eigenvalue weighted by molar-refractivity contribution is 4.80. The monoisotopic (exact) mass is 184 g/mol. The fourth-order valence-electron chi connectivity index (χ4n) is 1.38. The van der Waals surface area contributed by atoms with Gasteiger partial charge in [-0.25, -0.2) is 0 Å². The maximum atomic E-state index is 9.60. The largest absolute Gasteiger partial charge is 0.393 e. The zero-order valence-electron chi connectivity index (χ0n) is 9.13. The van der Waals surface area contributed by atoms with Gasteiger partial charge in [-0.05, 0) is 12.3 Å². The summed E-state index contributed by atoms with van der Waals surface area (Å²) in [5.41, 5.74) is 0. The number of rotatable bonds is 8. The predicted octanol–water partition coefficient (Wildman–Crippen LogP) is 3.53. The van der Waals surface area contributed by atoms with Crippen molar-refractivity contribution in [3.05, 3.63) is 12.7 Å². The van der Waals surface area contributed by atoms with Gasteiger partial charge in [-0.15, -0.1) is 6.58 Å². The fraction of sp³-hybridized carbons (Fsp3) is 0.833. The first-order chi connectivity index (χ1) is 6.22. The number of hydrogen-bond donors (Lipinski definition) is 1. The van der Waals surface area contributed by atoms with Gasteiger partial charge in [-0.3, -0.25) is 0 Å². The second kappa shape index (κ2) is 8.31. The first kappa shape index (κ1) is 12.7. The maximum Gasteiger partial charge on any atom is 0.0600 e. The van der Waals surface area contributed by atoms with Crippen LogP contribution in [-0.2, 0) is 0 Å². The van der Waals surface area contributed by atoms with Gasteiger partial charge in [-0.1, -0.05) is 52.0 Å². The number of aliphatic hydroxyl groups excluding tert-OH is 1. The van der Waals surface area contributed by atoms with E-state index in [1.165, 1.54) is 25.7 Å². The molecule has 0 bridgehead atoms. The maximum absolute atomic E-state index is 9.60. The van der Waals surface area contributed by atoms with Crippen LogP contribution >= 0.6 is 0 Å². The second-order valence-corrected chi connectivity index (χ2v) is 3.87. The van der Waals surface area contributed by atoms with E-state index in [9.17, 15) is 5.11 Å². The summed E-state index contributed by atoms with van der Waals surface area (Å²) < 4.78 is 0. The highest BCUT2D eigenvalue weighted by Gasteiger charge is 2.09. The summed E-state index contributed by atoms with van der Waals surface area (Å²) in [7, 11) is 0. The summed E-state index contributed by atoms with van der Waals surface area (Å²) in [4.78, 5) is 0. The zero-order chi connectivity index (χ0) is 10.1. The molecule has 0 amide bonds. The molecule has 0 saturated carbocycles. The van der Waals surface area contributed by atoms with Crippen molar-refractivity contribution in [2.24, 2.45) is 5.92 Å². The van der Waals surface area contributed by atoms with E-state index >= 15 is 0 Å². The van der Waals surface area contributed by atoms with E-state index in [1.54, 1.807) is 0 Å². The Labute approximate surface area is 82.9 Å². The molecule has 0 rings (SSSR count). The van der Waals surface area contributed by atoms with Crippen molar-refractivity contribution in [2.75, 3.05) is 0 Å². The van der Waals surface area contributed by atoms with Gasteiger partial charge >= 0.3 is 0 Å². The smallest absolute Gasteiger partial charge is 0.0600 e. The molecule has 2 atom stereocenters. The van der Waals surface area contributed by atoms with Crippen LogP contribution in [0.4, 0.5) is 0 Å². The Kier molecular flexibility index (Phi) is 8.11. The van der Waals surface area contributed by atoms with Crippen LogP contribution in [0.15, 0.2) is 12.7 Å². The molecule has 0 aliphatic carbocycles. The standard InChI is InChI=1S/C12H24O/c1-4-6-7-8-9-10-12(13)11(3)5-2/h5,11-13H,2,4,6-10H2,1,3H3/t11-,12+/m0/s1. The number of unbranched alkanes of at least 4 members (excludes halogenated alkanes) is 4. The van der Waals surface area contributed by atoms with Crippen molar-refractivity contribution in [3.63, 3.8) is 0 Å². The van der Waals surface area contributed by atoms with Gasteiger partial charge < -0.3 is 5.11 Å². The molecule has 13 heavy (non-hydrogen) atoms. The van der Waals surface area contributed by atoms with E-state index < -0.39 is 0 Å². The average molecular weight is 184 g/mol. The summed E-state index contributed by atoms with van der Waals surface area (Å²) in [5, 5.41) is 9.60. The molecule has 1 nitrogen and oxygen atoms in total. The molecule has 0 unspecified atom stereocenters. The van der Waals surface area contributed by atoms with Gasteiger partial charge in [0.1, 0.15) is 0 Å². The van der Waals surface area contributed by atoms with E-state index in [-0.39, 0.29) is 12.0 Å². The van der Waals surface area contributed by atoms with Crippen LogP contribution < -0.4 is 0 Å². The summed E-state index contributed by atoms with van der Waals surface area (Å²) in [5.74, 6) is 0.242. The SMILES string of the molecule is C=C[C@H](C)[C@H](O)CCCCCCC. The third kappa shape index (κ3) is 6.83. The average Bonchev–Trinajstić information content (AvgIpc) is 2.16. The van der Waals surface area contributed by atoms with E-state index in [2.05, 4.69) is 13.5 Å². The molecule has 0 aliphatic rings. The summed E-state index contributed by atoms with van der Waals surface area (Å²) in [6.07, 6.45) is 8.91. The Morgan fingerprint density at radius 1 is 1.23 bits per heavy atom. The van der Waals surface area contributed by atoms with E-state index in [0.29, 0.717) is 0 Å². The van der Waals surface area contributed by atoms with Crippen molar-refractivity contribution in [2.45, 2.75) is 58.5 Å². The van der Waals surface area contributed by atoms with Gasteiger partial charge in [0.05, 0.1) is 6.10 Å². The molecule has 0 aromatic carbocycles. The van der Waals surface area contributed by atoms with Gasteiger partial charge in [0.2, 0.25) is 0 Å². The van der Waals surface area contributed by atoms with Crippen molar-refractivity contribution >= 4 is 0 Å². The quantitative estimate of drug-likeness (QED) is 0.452. The van der Waals surface area contributed by atoms with Crippen molar-refractivity contribution in [1.29, 1.82) is 0 Å². The molecule has 0 aromatic heterocycles. The molecule has 1 N–H and O–H groups in total. The molecule has 0 aliphatic heterocycles. The highest BCUT2D eigenvalue weighted by Crippen LogP contribution is 2.13. The van der Waals surface area contributed by atoms with E-state index in [4.69, 9.17) is 0 Å². The lowest BCUT2D eigenvalue weighted by Gasteiger charge is -2.14. The van der Waals surface area contributed by atoms with Crippen LogP contribution in [0.3, 0.4) is 0 Å². The molecule has 0 aromatic rings.